The van der Waals surface area contributed by atoms with Gasteiger partial charge >= 0.3 is 0 Å². The molecule has 1 atom stereocenters. The summed E-state index contributed by atoms with van der Waals surface area (Å²) in [6, 6.07) is 15.3. The highest BCUT2D eigenvalue weighted by Crippen LogP contribution is 2.39. The lowest BCUT2D eigenvalue weighted by molar-refractivity contribution is -0.140. The molecular weight excluding hydrogens is 380 g/mol. The summed E-state index contributed by atoms with van der Waals surface area (Å²) in [6.45, 7) is 4.97. The van der Waals surface area contributed by atoms with E-state index in [0.717, 1.165) is 5.56 Å². The van der Waals surface area contributed by atoms with Crippen molar-refractivity contribution in [2.24, 2.45) is 0 Å². The Hall–Kier alpha value is -3.38. The molecule has 0 bridgehead atoms. The van der Waals surface area contributed by atoms with Crippen LogP contribution in [0.1, 0.15) is 17.2 Å². The fourth-order valence-electron chi connectivity index (χ4n) is 3.42. The van der Waals surface area contributed by atoms with Gasteiger partial charge in [0.2, 0.25) is 0 Å². The van der Waals surface area contributed by atoms with E-state index in [1.165, 1.54) is 4.90 Å². The van der Waals surface area contributed by atoms with E-state index < -0.39 is 17.7 Å². The predicted molar refractivity (Wildman–Crippen MR) is 116 cm³/mol. The minimum Gasteiger partial charge on any atom is -0.507 e. The lowest BCUT2D eigenvalue weighted by atomic mass is 9.95. The fraction of sp³-hybridized carbons (Fsp3) is 0.250. The van der Waals surface area contributed by atoms with Gasteiger partial charge in [-0.15, -0.1) is 0 Å². The van der Waals surface area contributed by atoms with Crippen molar-refractivity contribution in [2.45, 2.75) is 6.04 Å². The molecule has 1 aliphatic heterocycles. The summed E-state index contributed by atoms with van der Waals surface area (Å²) in [5.41, 5.74) is 1.33. The van der Waals surface area contributed by atoms with E-state index in [4.69, 9.17) is 4.74 Å². The van der Waals surface area contributed by atoms with Crippen molar-refractivity contribution in [3.8, 4) is 5.75 Å². The Balaban J connectivity index is 2.06. The number of Topliss-reactive ketones (excluding diaryl/α,β-unsaturated/α-hetero) is 1. The van der Waals surface area contributed by atoms with Crippen LogP contribution < -0.4 is 4.74 Å². The third-order valence-corrected chi connectivity index (χ3v) is 4.94. The van der Waals surface area contributed by atoms with Crippen molar-refractivity contribution in [3.63, 3.8) is 0 Å². The molecule has 0 aromatic heterocycles. The van der Waals surface area contributed by atoms with Crippen LogP contribution >= 0.6 is 0 Å². The SMILES string of the molecule is C=CCOc1ccc(C2/C(=C(/O)c3ccccc3)C(=O)C(=O)N2CCN(C)C)cc1. The van der Waals surface area contributed by atoms with Crippen LogP contribution in [0, 0.1) is 0 Å². The standard InChI is InChI=1S/C24H26N2O4/c1-4-16-30-19-12-10-17(11-13-19)21-20(22(27)18-8-6-5-7-9-18)23(28)24(29)26(21)15-14-25(2)3/h4-13,21,27H,1,14-16H2,2-3H3/b22-20-. The van der Waals surface area contributed by atoms with Gasteiger partial charge < -0.3 is 19.6 Å². The summed E-state index contributed by atoms with van der Waals surface area (Å²) in [4.78, 5) is 29.2. The second-order valence-corrected chi connectivity index (χ2v) is 7.33. The summed E-state index contributed by atoms with van der Waals surface area (Å²) in [6.07, 6.45) is 1.66. The van der Waals surface area contributed by atoms with E-state index >= 15 is 0 Å². The number of aliphatic hydroxyl groups is 1. The molecule has 1 saturated heterocycles. The molecule has 6 nitrogen and oxygen atoms in total. The maximum absolute atomic E-state index is 12.9. The van der Waals surface area contributed by atoms with E-state index in [-0.39, 0.29) is 11.3 Å². The molecule has 2 aromatic carbocycles. The first-order valence-electron chi connectivity index (χ1n) is 9.76. The van der Waals surface area contributed by atoms with E-state index in [0.29, 0.717) is 31.0 Å². The molecule has 0 saturated carbocycles. The summed E-state index contributed by atoms with van der Waals surface area (Å²) in [7, 11) is 3.81. The van der Waals surface area contributed by atoms with E-state index in [9.17, 15) is 14.7 Å². The number of rotatable bonds is 8. The number of ketones is 1. The van der Waals surface area contributed by atoms with Crippen molar-refractivity contribution in [2.75, 3.05) is 33.8 Å². The van der Waals surface area contributed by atoms with Gasteiger partial charge in [0.05, 0.1) is 11.6 Å². The Kier molecular flexibility index (Phi) is 6.69. The van der Waals surface area contributed by atoms with Crippen LogP contribution in [0.3, 0.4) is 0 Å². The van der Waals surface area contributed by atoms with Gasteiger partial charge in [-0.25, -0.2) is 0 Å². The van der Waals surface area contributed by atoms with E-state index in [2.05, 4.69) is 6.58 Å². The van der Waals surface area contributed by atoms with Crippen molar-refractivity contribution in [1.82, 2.24) is 9.80 Å². The Morgan fingerprint density at radius 1 is 1.13 bits per heavy atom. The van der Waals surface area contributed by atoms with Gasteiger partial charge in [-0.3, -0.25) is 9.59 Å². The van der Waals surface area contributed by atoms with Crippen molar-refractivity contribution < 1.29 is 19.4 Å². The molecule has 2 aromatic rings. The molecule has 30 heavy (non-hydrogen) atoms. The first kappa shape index (κ1) is 21.3. The number of carbonyl (C=O) groups is 2. The van der Waals surface area contributed by atoms with Gasteiger partial charge in [-0.2, -0.15) is 0 Å². The molecule has 1 amide bonds. The first-order valence-corrected chi connectivity index (χ1v) is 9.76. The second-order valence-electron chi connectivity index (χ2n) is 7.33. The molecule has 1 N–H and O–H groups in total. The van der Waals surface area contributed by atoms with Gasteiger partial charge in [0.25, 0.3) is 11.7 Å². The molecule has 1 unspecified atom stereocenters. The summed E-state index contributed by atoms with van der Waals surface area (Å²) >= 11 is 0. The fourth-order valence-corrected chi connectivity index (χ4v) is 3.42. The predicted octanol–water partition coefficient (Wildman–Crippen LogP) is 3.23. The van der Waals surface area contributed by atoms with Crippen molar-refractivity contribution in [3.05, 3.63) is 84.0 Å². The van der Waals surface area contributed by atoms with Crippen molar-refractivity contribution >= 4 is 17.4 Å². The number of carbonyl (C=O) groups excluding carboxylic acids is 2. The van der Waals surface area contributed by atoms with Crippen LogP contribution in [0.25, 0.3) is 5.76 Å². The Bertz CT molecular complexity index is 949. The van der Waals surface area contributed by atoms with Gasteiger partial charge in [-0.05, 0) is 31.8 Å². The molecule has 1 aliphatic rings. The lowest BCUT2D eigenvalue weighted by Gasteiger charge is -2.26. The summed E-state index contributed by atoms with van der Waals surface area (Å²) < 4.78 is 5.53. The molecule has 0 radical (unpaired) electrons. The average molecular weight is 406 g/mol. The number of hydrogen-bond acceptors (Lipinski definition) is 5. The zero-order chi connectivity index (χ0) is 21.7. The highest BCUT2D eigenvalue weighted by atomic mass is 16.5. The minimum absolute atomic E-state index is 0.102. The molecule has 1 heterocycles. The Morgan fingerprint density at radius 2 is 1.80 bits per heavy atom. The number of benzene rings is 2. The molecule has 0 aliphatic carbocycles. The summed E-state index contributed by atoms with van der Waals surface area (Å²) in [5, 5.41) is 10.9. The number of hydrogen-bond donors (Lipinski definition) is 1. The smallest absolute Gasteiger partial charge is 0.295 e. The third-order valence-electron chi connectivity index (χ3n) is 4.94. The molecule has 3 rings (SSSR count). The Labute approximate surface area is 176 Å². The highest BCUT2D eigenvalue weighted by molar-refractivity contribution is 6.46. The Morgan fingerprint density at radius 3 is 2.40 bits per heavy atom. The van der Waals surface area contributed by atoms with Gasteiger partial charge in [0.1, 0.15) is 18.1 Å². The van der Waals surface area contributed by atoms with Crippen molar-refractivity contribution in [1.29, 1.82) is 0 Å². The van der Waals surface area contributed by atoms with Gasteiger partial charge in [0, 0.05) is 18.7 Å². The first-order chi connectivity index (χ1) is 14.4. The third kappa shape index (κ3) is 4.44. The molecule has 6 heteroatoms. The average Bonchev–Trinajstić information content (AvgIpc) is 3.01. The maximum Gasteiger partial charge on any atom is 0.295 e. The second kappa shape index (κ2) is 9.41. The van der Waals surface area contributed by atoms with E-state index in [1.807, 2.05) is 37.2 Å². The minimum atomic E-state index is -0.674. The monoisotopic (exact) mass is 406 g/mol. The van der Waals surface area contributed by atoms with Crippen LogP contribution in [0.2, 0.25) is 0 Å². The van der Waals surface area contributed by atoms with Crippen LogP contribution in [-0.2, 0) is 9.59 Å². The molecular formula is C24H26N2O4. The number of amides is 1. The van der Waals surface area contributed by atoms with Gasteiger partial charge in [0.15, 0.2) is 0 Å². The zero-order valence-corrected chi connectivity index (χ0v) is 17.2. The zero-order valence-electron chi connectivity index (χ0n) is 17.2. The normalized spacial score (nSPS) is 18.1. The topological polar surface area (TPSA) is 70.1 Å². The van der Waals surface area contributed by atoms with Crippen LogP contribution in [0.4, 0.5) is 0 Å². The highest BCUT2D eigenvalue weighted by Gasteiger charge is 2.45. The summed E-state index contributed by atoms with van der Waals surface area (Å²) in [5.74, 6) is -0.788. The number of likely N-dealkylation sites (N-methyl/N-ethyl adjacent to an activating group) is 1. The van der Waals surface area contributed by atoms with Crippen LogP contribution in [0.15, 0.2) is 72.8 Å². The lowest BCUT2D eigenvalue weighted by Crippen LogP contribution is -2.35. The quantitative estimate of drug-likeness (QED) is 0.315. The molecule has 0 spiro atoms. The number of likely N-dealkylation sites (tertiary alicyclic amines) is 1. The number of ether oxygens (including phenoxy) is 1. The molecule has 1 fully saturated rings. The number of aliphatic hydroxyl groups excluding tert-OH is 1. The van der Waals surface area contributed by atoms with E-state index in [1.54, 1.807) is 42.5 Å². The van der Waals surface area contributed by atoms with Gasteiger partial charge in [-0.1, -0.05) is 55.1 Å². The largest absolute Gasteiger partial charge is 0.507 e. The van der Waals surface area contributed by atoms with Crippen LogP contribution in [0.5, 0.6) is 5.75 Å². The number of nitrogens with zero attached hydrogens (tertiary/aromatic N) is 2. The van der Waals surface area contributed by atoms with Crippen LogP contribution in [-0.4, -0.2) is 60.4 Å². The molecule has 156 valence electrons. The maximum atomic E-state index is 12.9.